The Labute approximate surface area is 102 Å². The van der Waals surface area contributed by atoms with Gasteiger partial charge >= 0.3 is 0 Å². The van der Waals surface area contributed by atoms with E-state index in [4.69, 9.17) is 11.6 Å². The van der Waals surface area contributed by atoms with Gasteiger partial charge in [0.05, 0.1) is 6.54 Å². The van der Waals surface area contributed by atoms with E-state index in [1.165, 1.54) is 0 Å². The minimum Gasteiger partial charge on any atom is -0.310 e. The van der Waals surface area contributed by atoms with Crippen LogP contribution in [0.2, 0.25) is 0 Å². The lowest BCUT2D eigenvalue weighted by atomic mass is 10.2. The van der Waals surface area contributed by atoms with Crippen LogP contribution in [-0.2, 0) is 13.1 Å². The Bertz CT molecular complexity index is 285. The number of alkyl halides is 1. The molecule has 0 spiro atoms. The quantitative estimate of drug-likeness (QED) is 0.562. The maximum atomic E-state index is 5.61. The zero-order valence-corrected chi connectivity index (χ0v) is 10.9. The van der Waals surface area contributed by atoms with Gasteiger partial charge in [-0.1, -0.05) is 13.8 Å². The molecule has 1 aromatic heterocycles. The average molecular weight is 245 g/mol. The fraction of sp³-hybridized carbons (Fsp3) is 0.818. The summed E-state index contributed by atoms with van der Waals surface area (Å²) in [5, 5.41) is 7.57. The number of aromatic nitrogens is 3. The molecule has 0 aromatic carbocycles. The molecule has 4 nitrogen and oxygen atoms in total. The lowest BCUT2D eigenvalue weighted by Gasteiger charge is -2.09. The van der Waals surface area contributed by atoms with Gasteiger partial charge in [0.15, 0.2) is 0 Å². The van der Waals surface area contributed by atoms with Gasteiger partial charge in [0.2, 0.25) is 0 Å². The highest BCUT2D eigenvalue weighted by molar-refractivity contribution is 6.17. The SMILES string of the molecule is CC(C)Cn1ncnc1CNCCCCCl. The third kappa shape index (κ3) is 4.94. The second kappa shape index (κ2) is 7.63. The predicted molar refractivity (Wildman–Crippen MR) is 66.5 cm³/mol. The van der Waals surface area contributed by atoms with Gasteiger partial charge in [-0.05, 0) is 25.3 Å². The van der Waals surface area contributed by atoms with Crippen molar-refractivity contribution in [3.63, 3.8) is 0 Å². The van der Waals surface area contributed by atoms with Crippen LogP contribution < -0.4 is 5.32 Å². The molecule has 92 valence electrons. The Hall–Kier alpha value is -0.610. The zero-order chi connectivity index (χ0) is 11.8. The molecule has 16 heavy (non-hydrogen) atoms. The van der Waals surface area contributed by atoms with Gasteiger partial charge in [0, 0.05) is 12.4 Å². The molecular weight excluding hydrogens is 224 g/mol. The van der Waals surface area contributed by atoms with Crippen molar-refractivity contribution in [1.82, 2.24) is 20.1 Å². The Morgan fingerprint density at radius 3 is 2.94 bits per heavy atom. The Morgan fingerprint density at radius 2 is 2.25 bits per heavy atom. The third-order valence-corrected chi connectivity index (χ3v) is 2.52. The lowest BCUT2D eigenvalue weighted by molar-refractivity contribution is 0.457. The molecule has 5 heteroatoms. The van der Waals surface area contributed by atoms with Crippen molar-refractivity contribution in [2.24, 2.45) is 5.92 Å². The first-order valence-electron chi connectivity index (χ1n) is 5.87. The summed E-state index contributed by atoms with van der Waals surface area (Å²) >= 11 is 5.61. The highest BCUT2D eigenvalue weighted by atomic mass is 35.5. The van der Waals surface area contributed by atoms with Crippen LogP contribution in [0.3, 0.4) is 0 Å². The van der Waals surface area contributed by atoms with Crippen LogP contribution >= 0.6 is 11.6 Å². The van der Waals surface area contributed by atoms with Crippen molar-refractivity contribution < 1.29 is 0 Å². The molecule has 0 amide bonds. The number of nitrogens with one attached hydrogen (secondary N) is 1. The molecule has 0 unspecified atom stereocenters. The molecular formula is C11H21ClN4. The van der Waals surface area contributed by atoms with Crippen LogP contribution in [0.4, 0.5) is 0 Å². The smallest absolute Gasteiger partial charge is 0.140 e. The summed E-state index contributed by atoms with van der Waals surface area (Å²) in [7, 11) is 0. The molecule has 0 radical (unpaired) electrons. The van der Waals surface area contributed by atoms with Gasteiger partial charge in [-0.15, -0.1) is 11.6 Å². The molecule has 1 aromatic rings. The molecule has 1 N–H and O–H groups in total. The summed E-state index contributed by atoms with van der Waals surface area (Å²) in [6, 6.07) is 0. The monoisotopic (exact) mass is 244 g/mol. The summed E-state index contributed by atoms with van der Waals surface area (Å²) in [6.45, 7) is 7.06. The normalized spacial score (nSPS) is 11.2. The van der Waals surface area contributed by atoms with E-state index < -0.39 is 0 Å². The topological polar surface area (TPSA) is 42.7 Å². The van der Waals surface area contributed by atoms with E-state index in [0.717, 1.165) is 44.2 Å². The van der Waals surface area contributed by atoms with E-state index in [1.54, 1.807) is 6.33 Å². The molecule has 0 saturated heterocycles. The molecule has 0 bridgehead atoms. The van der Waals surface area contributed by atoms with Gasteiger partial charge in [-0.2, -0.15) is 5.10 Å². The van der Waals surface area contributed by atoms with Crippen molar-refractivity contribution >= 4 is 11.6 Å². The van der Waals surface area contributed by atoms with Crippen molar-refractivity contribution in [2.75, 3.05) is 12.4 Å². The van der Waals surface area contributed by atoms with Crippen LogP contribution in [0.15, 0.2) is 6.33 Å². The van der Waals surface area contributed by atoms with Gasteiger partial charge in [-0.3, -0.25) is 0 Å². The molecule has 0 atom stereocenters. The van der Waals surface area contributed by atoms with Crippen molar-refractivity contribution in [1.29, 1.82) is 0 Å². The first kappa shape index (κ1) is 13.5. The second-order valence-electron chi connectivity index (χ2n) is 4.33. The van der Waals surface area contributed by atoms with Crippen molar-refractivity contribution in [2.45, 2.75) is 39.8 Å². The maximum absolute atomic E-state index is 5.61. The standard InChI is InChI=1S/C11H21ClN4/c1-10(2)8-16-11(14-9-15-16)7-13-6-4-3-5-12/h9-10,13H,3-8H2,1-2H3. The van der Waals surface area contributed by atoms with E-state index in [1.807, 2.05) is 4.68 Å². The highest BCUT2D eigenvalue weighted by Crippen LogP contribution is 2.01. The first-order chi connectivity index (χ1) is 7.74. The van der Waals surface area contributed by atoms with Crippen LogP contribution in [0.25, 0.3) is 0 Å². The molecule has 0 saturated carbocycles. The molecule has 1 heterocycles. The third-order valence-electron chi connectivity index (χ3n) is 2.25. The van der Waals surface area contributed by atoms with E-state index >= 15 is 0 Å². The van der Waals surface area contributed by atoms with Gasteiger partial charge < -0.3 is 5.32 Å². The molecule has 0 aliphatic carbocycles. The maximum Gasteiger partial charge on any atom is 0.140 e. The Balaban J connectivity index is 2.27. The highest BCUT2D eigenvalue weighted by Gasteiger charge is 2.04. The van der Waals surface area contributed by atoms with E-state index in [2.05, 4.69) is 29.2 Å². The fourth-order valence-corrected chi connectivity index (χ4v) is 1.66. The number of hydrogen-bond donors (Lipinski definition) is 1. The molecule has 0 aliphatic heterocycles. The molecule has 0 aliphatic rings. The predicted octanol–water partition coefficient (Wildman–Crippen LogP) is 2.04. The number of unbranched alkanes of at least 4 members (excludes halogenated alkanes) is 1. The number of halogens is 1. The van der Waals surface area contributed by atoms with E-state index in [0.29, 0.717) is 5.92 Å². The van der Waals surface area contributed by atoms with Crippen LogP contribution in [0.1, 0.15) is 32.5 Å². The summed E-state index contributed by atoms with van der Waals surface area (Å²) in [6.07, 6.45) is 3.80. The van der Waals surface area contributed by atoms with Gasteiger partial charge in [0.25, 0.3) is 0 Å². The minimum atomic E-state index is 0.594. The number of hydrogen-bond acceptors (Lipinski definition) is 3. The number of nitrogens with zero attached hydrogens (tertiary/aromatic N) is 3. The summed E-state index contributed by atoms with van der Waals surface area (Å²) in [5.41, 5.74) is 0. The Morgan fingerprint density at radius 1 is 1.44 bits per heavy atom. The molecule has 1 rings (SSSR count). The second-order valence-corrected chi connectivity index (χ2v) is 4.70. The van der Waals surface area contributed by atoms with Gasteiger partial charge in [0.1, 0.15) is 12.2 Å². The summed E-state index contributed by atoms with van der Waals surface area (Å²) < 4.78 is 1.97. The fourth-order valence-electron chi connectivity index (χ4n) is 1.47. The van der Waals surface area contributed by atoms with Crippen molar-refractivity contribution in [3.05, 3.63) is 12.2 Å². The van der Waals surface area contributed by atoms with Crippen molar-refractivity contribution in [3.8, 4) is 0 Å². The first-order valence-corrected chi connectivity index (χ1v) is 6.41. The summed E-state index contributed by atoms with van der Waals surface area (Å²) in [4.78, 5) is 4.25. The zero-order valence-electron chi connectivity index (χ0n) is 10.1. The summed E-state index contributed by atoms with van der Waals surface area (Å²) in [5.74, 6) is 2.35. The molecule has 0 fully saturated rings. The van der Waals surface area contributed by atoms with E-state index in [-0.39, 0.29) is 0 Å². The van der Waals surface area contributed by atoms with Crippen LogP contribution in [-0.4, -0.2) is 27.2 Å². The Kier molecular flexibility index (Phi) is 6.42. The van der Waals surface area contributed by atoms with Crippen LogP contribution in [0.5, 0.6) is 0 Å². The minimum absolute atomic E-state index is 0.594. The largest absolute Gasteiger partial charge is 0.310 e. The number of rotatable bonds is 8. The van der Waals surface area contributed by atoms with Gasteiger partial charge in [-0.25, -0.2) is 9.67 Å². The average Bonchev–Trinajstić information content (AvgIpc) is 2.64. The van der Waals surface area contributed by atoms with Crippen LogP contribution in [0, 0.1) is 5.92 Å². The lowest BCUT2D eigenvalue weighted by Crippen LogP contribution is -2.20. The van der Waals surface area contributed by atoms with E-state index in [9.17, 15) is 0 Å².